The number of carboxylic acids is 2. The molecule has 1 aliphatic heterocycles. The Hall–Kier alpha value is -1.04. The molecule has 0 saturated carbocycles. The Morgan fingerprint density at radius 2 is 2.23 bits per heavy atom. The van der Waals surface area contributed by atoms with Gasteiger partial charge in [-0.05, 0) is 0 Å². The van der Waals surface area contributed by atoms with E-state index in [9.17, 15) is 9.59 Å². The van der Waals surface area contributed by atoms with Crippen LogP contribution in [0.2, 0.25) is 0 Å². The molecule has 0 amide bonds. The van der Waals surface area contributed by atoms with Crippen LogP contribution in [-0.4, -0.2) is 39.5 Å². The lowest BCUT2D eigenvalue weighted by molar-refractivity contribution is -0.145. The molecular formula is C7H9NO4S. The van der Waals surface area contributed by atoms with Crippen molar-refractivity contribution in [2.75, 3.05) is 12.3 Å². The highest BCUT2D eigenvalue weighted by molar-refractivity contribution is 8.14. The Bertz CT molecular complexity index is 263. The van der Waals surface area contributed by atoms with Crippen LogP contribution in [0.1, 0.15) is 6.42 Å². The molecule has 2 N–H and O–H groups in total. The predicted octanol–water partition coefficient (Wildman–Crippen LogP) is 0.307. The van der Waals surface area contributed by atoms with Crippen molar-refractivity contribution in [2.45, 2.75) is 6.42 Å². The van der Waals surface area contributed by atoms with E-state index in [1.807, 2.05) is 0 Å². The quantitative estimate of drug-likeness (QED) is 0.686. The summed E-state index contributed by atoms with van der Waals surface area (Å²) in [6.07, 6.45) is -0.388. The number of aliphatic carboxylic acids is 2. The van der Waals surface area contributed by atoms with E-state index in [1.54, 1.807) is 0 Å². The van der Waals surface area contributed by atoms with Gasteiger partial charge in [0.15, 0.2) is 0 Å². The molecule has 0 spiro atoms. The molecule has 0 bridgehead atoms. The van der Waals surface area contributed by atoms with Crippen molar-refractivity contribution in [3.05, 3.63) is 0 Å². The number of rotatable bonds is 4. The fourth-order valence-corrected chi connectivity index (χ4v) is 1.98. The van der Waals surface area contributed by atoms with Gasteiger partial charge in [0.1, 0.15) is 5.92 Å². The van der Waals surface area contributed by atoms with Gasteiger partial charge in [0.25, 0.3) is 0 Å². The van der Waals surface area contributed by atoms with E-state index in [1.165, 1.54) is 11.8 Å². The second kappa shape index (κ2) is 4.27. The van der Waals surface area contributed by atoms with Crippen molar-refractivity contribution < 1.29 is 19.8 Å². The highest BCUT2D eigenvalue weighted by Gasteiger charge is 2.28. The van der Waals surface area contributed by atoms with E-state index in [-0.39, 0.29) is 6.42 Å². The summed E-state index contributed by atoms with van der Waals surface area (Å²) in [7, 11) is 0. The second-order valence-electron chi connectivity index (χ2n) is 2.56. The first-order chi connectivity index (χ1) is 6.11. The Labute approximate surface area is 78.9 Å². The predicted molar refractivity (Wildman–Crippen MR) is 48.1 cm³/mol. The van der Waals surface area contributed by atoms with Gasteiger partial charge in [-0.3, -0.25) is 14.6 Å². The number of hydrogen-bond acceptors (Lipinski definition) is 4. The van der Waals surface area contributed by atoms with Crippen molar-refractivity contribution in [1.29, 1.82) is 0 Å². The highest BCUT2D eigenvalue weighted by atomic mass is 32.2. The first kappa shape index (κ1) is 10.0. The minimum atomic E-state index is -1.12. The van der Waals surface area contributed by atoms with E-state index in [0.29, 0.717) is 11.6 Å². The normalized spacial score (nSPS) is 18.0. The number of nitrogens with zero attached hydrogens (tertiary/aromatic N) is 1. The first-order valence-electron chi connectivity index (χ1n) is 3.73. The molecule has 72 valence electrons. The number of hydrogen-bond donors (Lipinski definition) is 2. The molecule has 1 rings (SSSR count). The van der Waals surface area contributed by atoms with Crippen LogP contribution >= 0.6 is 11.8 Å². The molecule has 1 aliphatic rings. The minimum absolute atomic E-state index is 0.388. The average Bonchev–Trinajstić information content (AvgIpc) is 2.50. The maximum absolute atomic E-state index is 10.7. The van der Waals surface area contributed by atoms with Crippen molar-refractivity contribution in [3.63, 3.8) is 0 Å². The van der Waals surface area contributed by atoms with E-state index in [0.717, 1.165) is 5.75 Å². The molecule has 0 aromatic heterocycles. The molecule has 1 heterocycles. The molecular weight excluding hydrogens is 194 g/mol. The largest absolute Gasteiger partial charge is 0.481 e. The van der Waals surface area contributed by atoms with Crippen LogP contribution in [0.4, 0.5) is 0 Å². The molecule has 1 atom stereocenters. The van der Waals surface area contributed by atoms with Crippen LogP contribution in [0.5, 0.6) is 0 Å². The molecule has 0 aromatic carbocycles. The Balaban J connectivity index is 2.67. The summed E-state index contributed by atoms with van der Waals surface area (Å²) in [4.78, 5) is 25.0. The monoisotopic (exact) mass is 203 g/mol. The SMILES string of the molecule is O=C(O)CC(C(=O)O)C1=NCCS1. The lowest BCUT2D eigenvalue weighted by atomic mass is 10.1. The number of thioether (sulfide) groups is 1. The lowest BCUT2D eigenvalue weighted by Crippen LogP contribution is -2.23. The Morgan fingerprint density at radius 3 is 2.62 bits per heavy atom. The Morgan fingerprint density at radius 1 is 1.54 bits per heavy atom. The fourth-order valence-electron chi connectivity index (χ4n) is 1.02. The van der Waals surface area contributed by atoms with E-state index >= 15 is 0 Å². The van der Waals surface area contributed by atoms with E-state index in [4.69, 9.17) is 10.2 Å². The van der Waals surface area contributed by atoms with Crippen LogP contribution in [0.25, 0.3) is 0 Å². The summed E-state index contributed by atoms with van der Waals surface area (Å²) in [5, 5.41) is 17.6. The minimum Gasteiger partial charge on any atom is -0.481 e. The summed E-state index contributed by atoms with van der Waals surface area (Å²) in [6.45, 7) is 0.587. The smallest absolute Gasteiger partial charge is 0.313 e. The van der Waals surface area contributed by atoms with Crippen molar-refractivity contribution in [3.8, 4) is 0 Å². The third kappa shape index (κ3) is 2.73. The lowest BCUT2D eigenvalue weighted by Gasteiger charge is -2.07. The van der Waals surface area contributed by atoms with Crippen molar-refractivity contribution >= 4 is 28.7 Å². The summed E-state index contributed by atoms with van der Waals surface area (Å²) in [6, 6.07) is 0. The van der Waals surface area contributed by atoms with E-state index < -0.39 is 17.9 Å². The highest BCUT2D eigenvalue weighted by Crippen LogP contribution is 2.21. The standard InChI is InChI=1S/C7H9NO4S/c9-5(10)3-4(7(11)12)6-8-1-2-13-6/h4H,1-3H2,(H,9,10)(H,11,12). The summed E-state index contributed by atoms with van der Waals surface area (Å²) < 4.78 is 0. The maximum atomic E-state index is 10.7. The van der Waals surface area contributed by atoms with Crippen molar-refractivity contribution in [1.82, 2.24) is 0 Å². The molecule has 0 saturated heterocycles. The molecule has 0 aliphatic carbocycles. The molecule has 0 fully saturated rings. The van der Waals surface area contributed by atoms with Crippen LogP contribution in [0.15, 0.2) is 4.99 Å². The number of aliphatic imine (C=N–C) groups is 1. The zero-order chi connectivity index (χ0) is 9.84. The van der Waals surface area contributed by atoms with Gasteiger partial charge in [-0.1, -0.05) is 0 Å². The van der Waals surface area contributed by atoms with E-state index in [2.05, 4.69) is 4.99 Å². The maximum Gasteiger partial charge on any atom is 0.313 e. The number of carbonyl (C=O) groups is 2. The van der Waals surface area contributed by atoms with Gasteiger partial charge in [0, 0.05) is 12.3 Å². The summed E-state index contributed by atoms with van der Waals surface area (Å²) in [5.41, 5.74) is 0. The molecule has 6 heteroatoms. The van der Waals surface area contributed by atoms with Gasteiger partial charge in [-0.2, -0.15) is 0 Å². The summed E-state index contributed by atoms with van der Waals surface area (Å²) >= 11 is 1.33. The van der Waals surface area contributed by atoms with Gasteiger partial charge in [0.2, 0.25) is 0 Å². The van der Waals surface area contributed by atoms with Crippen LogP contribution < -0.4 is 0 Å². The first-order valence-corrected chi connectivity index (χ1v) is 4.71. The van der Waals surface area contributed by atoms with Crippen molar-refractivity contribution in [2.24, 2.45) is 10.9 Å². The molecule has 0 radical (unpaired) electrons. The zero-order valence-electron chi connectivity index (χ0n) is 6.77. The molecule has 13 heavy (non-hydrogen) atoms. The van der Waals surface area contributed by atoms with Crippen LogP contribution in [-0.2, 0) is 9.59 Å². The van der Waals surface area contributed by atoms with Gasteiger partial charge >= 0.3 is 11.9 Å². The van der Waals surface area contributed by atoms with Gasteiger partial charge in [-0.25, -0.2) is 0 Å². The average molecular weight is 203 g/mol. The van der Waals surface area contributed by atoms with Gasteiger partial charge in [0.05, 0.1) is 11.5 Å². The Kier molecular flexibility index (Phi) is 3.30. The van der Waals surface area contributed by atoms with Crippen LogP contribution in [0.3, 0.4) is 0 Å². The third-order valence-corrected chi connectivity index (χ3v) is 2.68. The molecule has 0 aromatic rings. The molecule has 1 unspecified atom stereocenters. The van der Waals surface area contributed by atoms with Gasteiger partial charge < -0.3 is 10.2 Å². The number of carboxylic acid groups (broad SMARTS) is 2. The molecule has 5 nitrogen and oxygen atoms in total. The second-order valence-corrected chi connectivity index (χ2v) is 3.67. The zero-order valence-corrected chi connectivity index (χ0v) is 7.58. The topological polar surface area (TPSA) is 87.0 Å². The van der Waals surface area contributed by atoms with Gasteiger partial charge in [-0.15, -0.1) is 11.8 Å². The summed E-state index contributed by atoms with van der Waals surface area (Å²) in [5.74, 6) is -2.44. The third-order valence-electron chi connectivity index (χ3n) is 1.58. The fraction of sp³-hybridized carbons (Fsp3) is 0.571. The van der Waals surface area contributed by atoms with Crippen LogP contribution in [0, 0.1) is 5.92 Å².